The molecule has 0 atom stereocenters. The van der Waals surface area contributed by atoms with Crippen molar-refractivity contribution < 1.29 is 9.47 Å². The summed E-state index contributed by atoms with van der Waals surface area (Å²) in [6, 6.07) is 72.9. The first-order valence-corrected chi connectivity index (χ1v) is 25.8. The van der Waals surface area contributed by atoms with E-state index < -0.39 is 0 Å². The molecule has 0 N–H and O–H groups in total. The Bertz CT molecular complexity index is 3350. The summed E-state index contributed by atoms with van der Waals surface area (Å²) in [6.07, 6.45) is 21.4. The van der Waals surface area contributed by atoms with E-state index in [0.717, 1.165) is 115 Å². The van der Waals surface area contributed by atoms with Gasteiger partial charge in [0.05, 0.1) is 17.8 Å². The highest BCUT2D eigenvalue weighted by atomic mass is 16.5. The van der Waals surface area contributed by atoms with Gasteiger partial charge in [-0.2, -0.15) is 5.26 Å². The standard InChI is InChI=1S/C67H59N3O2/c68-48-67-65-44-30-51(23-21-49-26-32-57(33-27-49)69(55-13-5-1-6-14-55)59-36-40-63(41-37-59)71-61-17-9-3-10-18-61)45-54(65)47-53-31-25-52(46-66(53)67)24-22-50-28-34-58(35-29-50)70(56-15-7-2-8-16-56)60-38-42-64(43-39-60)72-62-19-11-4-12-20-62/h1-2,5-8,13-16,21-47,61-62H,3-4,9-12,17-20H2. The lowest BCUT2D eigenvalue weighted by atomic mass is 9.94. The van der Waals surface area contributed by atoms with Gasteiger partial charge in [-0.25, -0.2) is 0 Å². The van der Waals surface area contributed by atoms with Crippen LogP contribution in [-0.4, -0.2) is 12.2 Å². The Labute approximate surface area is 424 Å². The predicted molar refractivity (Wildman–Crippen MR) is 301 cm³/mol. The largest absolute Gasteiger partial charge is 0.490 e. The number of nitriles is 1. The van der Waals surface area contributed by atoms with Crippen LogP contribution in [0.25, 0.3) is 45.8 Å². The lowest BCUT2D eigenvalue weighted by Gasteiger charge is -2.26. The van der Waals surface area contributed by atoms with Crippen LogP contribution in [0.2, 0.25) is 0 Å². The van der Waals surface area contributed by atoms with Gasteiger partial charge in [0.1, 0.15) is 17.6 Å². The number of hydrogen-bond donors (Lipinski definition) is 0. The Morgan fingerprint density at radius 3 is 1.21 bits per heavy atom. The van der Waals surface area contributed by atoms with Crippen LogP contribution in [0.4, 0.5) is 34.1 Å². The van der Waals surface area contributed by atoms with Gasteiger partial charge in [-0.05, 0) is 200 Å². The molecule has 2 aliphatic rings. The Kier molecular flexibility index (Phi) is 13.9. The monoisotopic (exact) mass is 937 g/mol. The molecule has 2 aliphatic carbocycles. The lowest BCUT2D eigenvalue weighted by molar-refractivity contribution is 0.155. The second-order valence-electron chi connectivity index (χ2n) is 19.3. The minimum absolute atomic E-state index is 0.318. The molecule has 9 aromatic carbocycles. The van der Waals surface area contributed by atoms with Crippen LogP contribution < -0.4 is 19.3 Å². The third-order valence-electron chi connectivity index (χ3n) is 14.3. The second kappa shape index (κ2) is 21.8. The molecule has 72 heavy (non-hydrogen) atoms. The Morgan fingerprint density at radius 2 is 0.750 bits per heavy atom. The van der Waals surface area contributed by atoms with E-state index in [1.54, 1.807) is 0 Å². The van der Waals surface area contributed by atoms with Crippen molar-refractivity contribution in [3.05, 3.63) is 228 Å². The summed E-state index contributed by atoms with van der Waals surface area (Å²) in [4.78, 5) is 4.56. The van der Waals surface area contributed by atoms with Crippen LogP contribution in [0.15, 0.2) is 200 Å². The molecule has 0 saturated heterocycles. The molecular formula is C67H59N3O2. The van der Waals surface area contributed by atoms with Gasteiger partial charge in [0, 0.05) is 44.9 Å². The molecule has 0 spiro atoms. The highest BCUT2D eigenvalue weighted by Crippen LogP contribution is 2.38. The predicted octanol–water partition coefficient (Wildman–Crippen LogP) is 18.6. The van der Waals surface area contributed by atoms with Crippen molar-refractivity contribution in [2.24, 2.45) is 0 Å². The maximum Gasteiger partial charge on any atom is 0.119 e. The average molecular weight is 938 g/mol. The molecule has 5 nitrogen and oxygen atoms in total. The zero-order chi connectivity index (χ0) is 48.5. The minimum Gasteiger partial charge on any atom is -0.490 e. The zero-order valence-corrected chi connectivity index (χ0v) is 40.7. The molecular weight excluding hydrogens is 879 g/mol. The Balaban J connectivity index is 0.781. The van der Waals surface area contributed by atoms with Gasteiger partial charge in [0.2, 0.25) is 0 Å². The normalized spacial score (nSPS) is 14.4. The quantitative estimate of drug-likeness (QED) is 0.0803. The van der Waals surface area contributed by atoms with Gasteiger partial charge in [-0.15, -0.1) is 0 Å². The zero-order valence-electron chi connectivity index (χ0n) is 40.7. The summed E-state index contributed by atoms with van der Waals surface area (Å²) < 4.78 is 12.7. The number of rotatable bonds is 14. The van der Waals surface area contributed by atoms with Crippen LogP contribution in [0, 0.1) is 11.3 Å². The first kappa shape index (κ1) is 46.1. The van der Waals surface area contributed by atoms with E-state index in [1.165, 1.54) is 38.5 Å². The molecule has 9 aromatic rings. The molecule has 0 heterocycles. The maximum atomic E-state index is 10.5. The smallest absolute Gasteiger partial charge is 0.119 e. The maximum absolute atomic E-state index is 10.5. The number of para-hydroxylation sites is 2. The molecule has 11 rings (SSSR count). The van der Waals surface area contributed by atoms with Crippen molar-refractivity contribution in [2.45, 2.75) is 76.4 Å². The van der Waals surface area contributed by atoms with Gasteiger partial charge in [0.25, 0.3) is 0 Å². The van der Waals surface area contributed by atoms with Gasteiger partial charge in [-0.1, -0.05) is 122 Å². The molecule has 0 radical (unpaired) electrons. The van der Waals surface area contributed by atoms with E-state index in [4.69, 9.17) is 9.47 Å². The molecule has 2 saturated carbocycles. The Morgan fingerprint density at radius 1 is 0.361 bits per heavy atom. The number of fused-ring (bicyclic) bond motifs is 2. The summed E-state index contributed by atoms with van der Waals surface area (Å²) in [5.74, 6) is 1.87. The summed E-state index contributed by atoms with van der Waals surface area (Å²) in [6.45, 7) is 0. The third kappa shape index (κ3) is 10.7. The van der Waals surface area contributed by atoms with Crippen LogP contribution >= 0.6 is 0 Å². The first-order chi connectivity index (χ1) is 35.6. The fourth-order valence-corrected chi connectivity index (χ4v) is 10.5. The van der Waals surface area contributed by atoms with Crippen molar-refractivity contribution in [1.82, 2.24) is 0 Å². The highest BCUT2D eigenvalue weighted by molar-refractivity contribution is 6.05. The van der Waals surface area contributed by atoms with Crippen molar-refractivity contribution in [2.75, 3.05) is 9.80 Å². The SMILES string of the molecule is N#Cc1c2ccc(C=Cc3ccc(N(c4ccccc4)c4ccc(OC5CCCCC5)cc4)cc3)cc2cc2ccc(C=Cc3ccc(N(c4ccccc4)c4ccc(OC5CCCCC5)cc4)cc3)cc12. The molecule has 2 fully saturated rings. The molecule has 354 valence electrons. The third-order valence-corrected chi connectivity index (χ3v) is 14.3. The highest BCUT2D eigenvalue weighted by Gasteiger charge is 2.19. The summed E-state index contributed by atoms with van der Waals surface area (Å²) in [5.41, 5.74) is 11.5. The van der Waals surface area contributed by atoms with Crippen LogP contribution in [-0.2, 0) is 0 Å². The number of ether oxygens (including phenoxy) is 2. The minimum atomic E-state index is 0.318. The molecule has 0 bridgehead atoms. The van der Waals surface area contributed by atoms with E-state index in [1.807, 2.05) is 0 Å². The number of hydrogen-bond acceptors (Lipinski definition) is 5. The van der Waals surface area contributed by atoms with Crippen LogP contribution in [0.5, 0.6) is 11.5 Å². The van der Waals surface area contributed by atoms with Gasteiger partial charge in [-0.3, -0.25) is 0 Å². The van der Waals surface area contributed by atoms with E-state index in [0.29, 0.717) is 17.8 Å². The Hall–Kier alpha value is -8.33. The van der Waals surface area contributed by atoms with Crippen molar-refractivity contribution in [3.63, 3.8) is 0 Å². The molecule has 0 amide bonds. The van der Waals surface area contributed by atoms with Gasteiger partial charge >= 0.3 is 0 Å². The topological polar surface area (TPSA) is 48.7 Å². The molecule has 5 heteroatoms. The van der Waals surface area contributed by atoms with Crippen LogP contribution in [0.3, 0.4) is 0 Å². The molecule has 0 aliphatic heterocycles. The van der Waals surface area contributed by atoms with Crippen LogP contribution in [0.1, 0.15) is 92.0 Å². The van der Waals surface area contributed by atoms with Crippen molar-refractivity contribution >= 4 is 80.0 Å². The van der Waals surface area contributed by atoms with E-state index in [-0.39, 0.29) is 0 Å². The fraction of sp³-hybridized carbons (Fsp3) is 0.179. The van der Waals surface area contributed by atoms with Gasteiger partial charge < -0.3 is 19.3 Å². The fourth-order valence-electron chi connectivity index (χ4n) is 10.5. The lowest BCUT2D eigenvalue weighted by Crippen LogP contribution is -2.19. The van der Waals surface area contributed by atoms with E-state index in [9.17, 15) is 5.26 Å². The number of nitrogens with zero attached hydrogens (tertiary/aromatic N) is 3. The van der Waals surface area contributed by atoms with Crippen molar-refractivity contribution in [3.8, 4) is 17.6 Å². The molecule has 0 aromatic heterocycles. The average Bonchev–Trinajstić information content (AvgIpc) is 3.44. The first-order valence-electron chi connectivity index (χ1n) is 25.8. The summed E-state index contributed by atoms with van der Waals surface area (Å²) >= 11 is 0. The number of anilines is 6. The van der Waals surface area contributed by atoms with E-state index >= 15 is 0 Å². The second-order valence-corrected chi connectivity index (χ2v) is 19.3. The molecule has 0 unspecified atom stereocenters. The summed E-state index contributed by atoms with van der Waals surface area (Å²) in [5, 5.41) is 14.5. The van der Waals surface area contributed by atoms with Gasteiger partial charge in [0.15, 0.2) is 0 Å². The van der Waals surface area contributed by atoms with Crippen molar-refractivity contribution in [1.29, 1.82) is 5.26 Å². The summed E-state index contributed by atoms with van der Waals surface area (Å²) in [7, 11) is 0. The number of benzene rings is 9. The van der Waals surface area contributed by atoms with E-state index in [2.05, 4.69) is 240 Å².